The molecule has 1 aromatic rings. The van der Waals surface area contributed by atoms with Crippen molar-refractivity contribution in [2.75, 3.05) is 12.0 Å². The third-order valence-corrected chi connectivity index (χ3v) is 6.71. The zero-order valence-corrected chi connectivity index (χ0v) is 13.2. The first-order valence-electron chi connectivity index (χ1n) is 6.27. The SMILES string of the molecule is CS(=O)(=O)C1CCCC(Sc2ccc(Cl)cc2N)C1. The minimum Gasteiger partial charge on any atom is -0.398 e. The molecule has 0 radical (unpaired) electrons. The molecule has 0 amide bonds. The molecule has 2 rings (SSSR count). The molecule has 6 heteroatoms. The van der Waals surface area contributed by atoms with Crippen molar-refractivity contribution in [3.05, 3.63) is 23.2 Å². The summed E-state index contributed by atoms with van der Waals surface area (Å²) in [6.07, 6.45) is 4.83. The van der Waals surface area contributed by atoms with Crippen LogP contribution in [0, 0.1) is 0 Å². The van der Waals surface area contributed by atoms with E-state index in [-0.39, 0.29) is 5.25 Å². The molecule has 1 aliphatic carbocycles. The number of benzene rings is 1. The van der Waals surface area contributed by atoms with Crippen molar-refractivity contribution in [2.24, 2.45) is 0 Å². The number of sulfone groups is 1. The summed E-state index contributed by atoms with van der Waals surface area (Å²) >= 11 is 7.55. The van der Waals surface area contributed by atoms with Crippen molar-refractivity contribution in [1.29, 1.82) is 0 Å². The first-order chi connectivity index (χ1) is 8.86. The number of halogens is 1. The number of nitrogens with two attached hydrogens (primary N) is 1. The molecule has 1 aliphatic rings. The van der Waals surface area contributed by atoms with Gasteiger partial charge in [0, 0.05) is 27.1 Å². The Morgan fingerprint density at radius 3 is 2.74 bits per heavy atom. The lowest BCUT2D eigenvalue weighted by Crippen LogP contribution is -2.28. The summed E-state index contributed by atoms with van der Waals surface area (Å²) in [6, 6.07) is 5.46. The maximum absolute atomic E-state index is 11.6. The van der Waals surface area contributed by atoms with Gasteiger partial charge in [0.25, 0.3) is 0 Å². The number of thioether (sulfide) groups is 1. The molecule has 1 aromatic carbocycles. The van der Waals surface area contributed by atoms with Gasteiger partial charge in [-0.15, -0.1) is 11.8 Å². The van der Waals surface area contributed by atoms with Crippen LogP contribution < -0.4 is 5.73 Å². The van der Waals surface area contributed by atoms with Crippen LogP contribution in [0.3, 0.4) is 0 Å². The molecule has 0 bridgehead atoms. The van der Waals surface area contributed by atoms with Crippen molar-refractivity contribution < 1.29 is 8.42 Å². The number of anilines is 1. The van der Waals surface area contributed by atoms with Crippen LogP contribution in [0.1, 0.15) is 25.7 Å². The Bertz CT molecular complexity index is 560. The first kappa shape index (κ1) is 15.0. The van der Waals surface area contributed by atoms with Crippen LogP contribution in [0.25, 0.3) is 0 Å². The van der Waals surface area contributed by atoms with E-state index >= 15 is 0 Å². The molecule has 2 atom stereocenters. The Hall–Kier alpha value is -0.390. The average molecular weight is 320 g/mol. The summed E-state index contributed by atoms with van der Waals surface area (Å²) in [5, 5.41) is 0.740. The molecule has 1 saturated carbocycles. The van der Waals surface area contributed by atoms with E-state index in [0.717, 1.165) is 24.2 Å². The fourth-order valence-corrected chi connectivity index (χ4v) is 5.20. The highest BCUT2D eigenvalue weighted by atomic mass is 35.5. The van der Waals surface area contributed by atoms with Gasteiger partial charge in [0.2, 0.25) is 0 Å². The van der Waals surface area contributed by atoms with Gasteiger partial charge in [-0.3, -0.25) is 0 Å². The molecule has 3 nitrogen and oxygen atoms in total. The van der Waals surface area contributed by atoms with Gasteiger partial charge in [-0.25, -0.2) is 8.42 Å². The molecule has 0 saturated heterocycles. The highest BCUT2D eigenvalue weighted by molar-refractivity contribution is 8.00. The van der Waals surface area contributed by atoms with Gasteiger partial charge in [0.1, 0.15) is 9.84 Å². The molecule has 106 valence electrons. The highest BCUT2D eigenvalue weighted by Crippen LogP contribution is 2.38. The van der Waals surface area contributed by atoms with Gasteiger partial charge < -0.3 is 5.73 Å². The summed E-state index contributed by atoms with van der Waals surface area (Å²) in [5.41, 5.74) is 6.60. The lowest BCUT2D eigenvalue weighted by atomic mass is 10.00. The molecule has 1 fully saturated rings. The summed E-state index contributed by atoms with van der Waals surface area (Å²) in [5.74, 6) is 0. The molecule has 2 N–H and O–H groups in total. The third kappa shape index (κ3) is 4.04. The minimum atomic E-state index is -2.93. The van der Waals surface area contributed by atoms with E-state index in [1.54, 1.807) is 17.8 Å². The van der Waals surface area contributed by atoms with Gasteiger partial charge >= 0.3 is 0 Å². The fourth-order valence-electron chi connectivity index (χ4n) is 2.40. The van der Waals surface area contributed by atoms with Crippen LogP contribution in [-0.4, -0.2) is 25.2 Å². The van der Waals surface area contributed by atoms with Crippen LogP contribution in [0.2, 0.25) is 5.02 Å². The summed E-state index contributed by atoms with van der Waals surface area (Å²) in [7, 11) is -2.93. The normalized spacial score (nSPS) is 24.3. The van der Waals surface area contributed by atoms with Crippen LogP contribution in [0.15, 0.2) is 23.1 Å². The lowest BCUT2D eigenvalue weighted by Gasteiger charge is -2.27. The fraction of sp³-hybridized carbons (Fsp3) is 0.538. The maximum Gasteiger partial charge on any atom is 0.150 e. The van der Waals surface area contributed by atoms with Gasteiger partial charge in [0.05, 0.1) is 5.25 Å². The number of hydrogen-bond acceptors (Lipinski definition) is 4. The van der Waals surface area contributed by atoms with Crippen LogP contribution >= 0.6 is 23.4 Å². The largest absolute Gasteiger partial charge is 0.398 e. The number of nitrogen functional groups attached to an aromatic ring is 1. The van der Waals surface area contributed by atoms with Crippen LogP contribution in [0.4, 0.5) is 5.69 Å². The summed E-state index contributed by atoms with van der Waals surface area (Å²) in [6.45, 7) is 0. The Labute approximate surface area is 123 Å². The summed E-state index contributed by atoms with van der Waals surface area (Å²) in [4.78, 5) is 0.989. The Morgan fingerprint density at radius 2 is 2.11 bits per heavy atom. The van der Waals surface area contributed by atoms with Gasteiger partial charge in [-0.05, 0) is 37.5 Å². The smallest absolute Gasteiger partial charge is 0.150 e. The maximum atomic E-state index is 11.6. The minimum absolute atomic E-state index is 0.202. The van der Waals surface area contributed by atoms with Gasteiger partial charge in [-0.1, -0.05) is 18.0 Å². The molecular weight excluding hydrogens is 302 g/mol. The van der Waals surface area contributed by atoms with Crippen molar-refractivity contribution in [3.8, 4) is 0 Å². The summed E-state index contributed by atoms with van der Waals surface area (Å²) < 4.78 is 23.3. The average Bonchev–Trinajstić information content (AvgIpc) is 2.32. The zero-order valence-electron chi connectivity index (χ0n) is 10.8. The highest BCUT2D eigenvalue weighted by Gasteiger charge is 2.29. The topological polar surface area (TPSA) is 60.2 Å². The lowest BCUT2D eigenvalue weighted by molar-refractivity contribution is 0.495. The molecule has 0 spiro atoms. The van der Waals surface area contributed by atoms with Crippen molar-refractivity contribution in [1.82, 2.24) is 0 Å². The van der Waals surface area contributed by atoms with E-state index in [1.165, 1.54) is 6.26 Å². The number of hydrogen-bond donors (Lipinski definition) is 1. The van der Waals surface area contributed by atoms with Gasteiger partial charge in [0.15, 0.2) is 0 Å². The molecule has 0 aromatic heterocycles. The Balaban J connectivity index is 2.07. The van der Waals surface area contributed by atoms with Crippen molar-refractivity contribution in [2.45, 2.75) is 41.1 Å². The van der Waals surface area contributed by atoms with E-state index in [1.807, 2.05) is 12.1 Å². The quantitative estimate of drug-likeness (QED) is 0.868. The van der Waals surface area contributed by atoms with E-state index in [4.69, 9.17) is 17.3 Å². The standard InChI is InChI=1S/C13H18ClNO2S2/c1-19(16,17)11-4-2-3-10(8-11)18-13-6-5-9(14)7-12(13)15/h5-7,10-11H,2-4,8,15H2,1H3. The second kappa shape index (κ2) is 5.94. The molecule has 0 heterocycles. The van der Waals surface area contributed by atoms with E-state index < -0.39 is 9.84 Å². The molecule has 0 aliphatic heterocycles. The van der Waals surface area contributed by atoms with Crippen molar-refractivity contribution >= 4 is 38.9 Å². The monoisotopic (exact) mass is 319 g/mol. The molecule has 2 unspecified atom stereocenters. The zero-order chi connectivity index (χ0) is 14.0. The van der Waals surface area contributed by atoms with Gasteiger partial charge in [-0.2, -0.15) is 0 Å². The Kier molecular flexibility index (Phi) is 4.69. The van der Waals surface area contributed by atoms with E-state index in [0.29, 0.717) is 22.4 Å². The first-order valence-corrected chi connectivity index (χ1v) is 9.48. The van der Waals surface area contributed by atoms with Crippen LogP contribution in [-0.2, 0) is 9.84 Å². The second-order valence-corrected chi connectivity index (χ2v) is 9.14. The Morgan fingerprint density at radius 1 is 1.37 bits per heavy atom. The predicted molar refractivity (Wildman–Crippen MR) is 82.6 cm³/mol. The second-order valence-electron chi connectivity index (χ2n) is 5.04. The molecular formula is C13H18ClNO2S2. The van der Waals surface area contributed by atoms with E-state index in [2.05, 4.69) is 0 Å². The molecule has 19 heavy (non-hydrogen) atoms. The predicted octanol–water partition coefficient (Wildman–Crippen LogP) is 3.37. The van der Waals surface area contributed by atoms with Crippen molar-refractivity contribution in [3.63, 3.8) is 0 Å². The third-order valence-electron chi connectivity index (χ3n) is 3.45. The van der Waals surface area contributed by atoms with Crippen LogP contribution in [0.5, 0.6) is 0 Å². The number of rotatable bonds is 3. The van der Waals surface area contributed by atoms with E-state index in [9.17, 15) is 8.42 Å².